The molecule has 0 aromatic carbocycles. The van der Waals surface area contributed by atoms with Crippen LogP contribution in [0.3, 0.4) is 0 Å². The fourth-order valence-corrected chi connectivity index (χ4v) is 1.65. The third kappa shape index (κ3) is 4.98. The van der Waals surface area contributed by atoms with Gasteiger partial charge in [-0.05, 0) is 17.4 Å². The van der Waals surface area contributed by atoms with Gasteiger partial charge in [0.05, 0.1) is 0 Å². The summed E-state index contributed by atoms with van der Waals surface area (Å²) in [6.45, 7) is 4.46. The van der Waals surface area contributed by atoms with Crippen LogP contribution in [0.25, 0.3) is 0 Å². The molecule has 8 heavy (non-hydrogen) atoms. The van der Waals surface area contributed by atoms with Crippen molar-refractivity contribution >= 4 is 27.7 Å². The van der Waals surface area contributed by atoms with Gasteiger partial charge in [-0.25, -0.2) is 0 Å². The Labute approximate surface area is 64.6 Å². The molecule has 0 spiro atoms. The molecule has 0 nitrogen and oxygen atoms in total. The molecule has 0 aliphatic rings. The van der Waals surface area contributed by atoms with Crippen LogP contribution in [-0.2, 0) is 0 Å². The lowest BCUT2D eigenvalue weighted by Crippen LogP contribution is -1.98. The fourth-order valence-electron chi connectivity index (χ4n) is 0.364. The van der Waals surface area contributed by atoms with Crippen LogP contribution in [-0.4, -0.2) is 16.8 Å². The van der Waals surface area contributed by atoms with Crippen LogP contribution >= 0.6 is 27.7 Å². The molecule has 0 heterocycles. The van der Waals surface area contributed by atoms with Gasteiger partial charge in [-0.1, -0.05) is 29.8 Å². The summed E-state index contributed by atoms with van der Waals surface area (Å²) in [4.78, 5) is 0. The first-order valence-corrected chi connectivity index (χ1v) is 5.22. The highest BCUT2D eigenvalue weighted by atomic mass is 79.9. The maximum absolute atomic E-state index is 3.43. The lowest BCUT2D eigenvalue weighted by atomic mass is 10.3. The third-order valence-electron chi connectivity index (χ3n) is 0.870. The molecule has 1 atom stereocenters. The molecule has 2 heteroatoms. The lowest BCUT2D eigenvalue weighted by molar-refractivity contribution is 0.770. The second kappa shape index (κ2) is 5.96. The predicted octanol–water partition coefficient (Wildman–Crippen LogP) is 2.77. The molecular formula is C6H13BrS. The second-order valence-electron chi connectivity index (χ2n) is 1.92. The van der Waals surface area contributed by atoms with Crippen molar-refractivity contribution < 1.29 is 0 Å². The number of hydrogen-bond donors (Lipinski definition) is 0. The predicted molar refractivity (Wildman–Crippen MR) is 46.0 cm³/mol. The highest BCUT2D eigenvalue weighted by Crippen LogP contribution is 2.08. The molecule has 0 radical (unpaired) electrons. The molecular weight excluding hydrogens is 184 g/mol. The minimum Gasteiger partial charge on any atom is -0.162 e. The van der Waals surface area contributed by atoms with E-state index in [1.807, 2.05) is 11.8 Å². The largest absolute Gasteiger partial charge is 0.162 e. The van der Waals surface area contributed by atoms with Crippen molar-refractivity contribution in [2.75, 3.05) is 16.8 Å². The van der Waals surface area contributed by atoms with Crippen molar-refractivity contribution in [2.45, 2.75) is 13.8 Å². The Kier molecular flexibility index (Phi) is 6.58. The Morgan fingerprint density at radius 2 is 2.25 bits per heavy atom. The normalized spacial score (nSPS) is 13.9. The van der Waals surface area contributed by atoms with Crippen molar-refractivity contribution in [3.8, 4) is 0 Å². The van der Waals surface area contributed by atoms with Crippen LogP contribution in [0.5, 0.6) is 0 Å². The highest BCUT2D eigenvalue weighted by Gasteiger charge is 1.96. The summed E-state index contributed by atoms with van der Waals surface area (Å²) in [5, 5.41) is 1.14. The van der Waals surface area contributed by atoms with Crippen molar-refractivity contribution in [2.24, 2.45) is 5.92 Å². The topological polar surface area (TPSA) is 0 Å². The Balaban J connectivity index is 2.86. The Morgan fingerprint density at radius 3 is 2.62 bits per heavy atom. The van der Waals surface area contributed by atoms with E-state index >= 15 is 0 Å². The van der Waals surface area contributed by atoms with Gasteiger partial charge in [0.2, 0.25) is 0 Å². The molecule has 0 saturated heterocycles. The van der Waals surface area contributed by atoms with Crippen molar-refractivity contribution in [1.29, 1.82) is 0 Å². The van der Waals surface area contributed by atoms with Gasteiger partial charge in [-0.3, -0.25) is 0 Å². The van der Waals surface area contributed by atoms with Crippen LogP contribution in [0.1, 0.15) is 13.8 Å². The minimum absolute atomic E-state index is 0.833. The van der Waals surface area contributed by atoms with Crippen LogP contribution in [0, 0.1) is 5.92 Å². The molecule has 0 N–H and O–H groups in total. The van der Waals surface area contributed by atoms with E-state index < -0.39 is 0 Å². The summed E-state index contributed by atoms with van der Waals surface area (Å²) >= 11 is 5.44. The van der Waals surface area contributed by atoms with E-state index in [1.165, 1.54) is 11.5 Å². The van der Waals surface area contributed by atoms with E-state index in [1.54, 1.807) is 0 Å². The molecule has 0 aliphatic heterocycles. The number of alkyl halides is 1. The average Bonchev–Trinajstić information content (AvgIpc) is 1.83. The average molecular weight is 197 g/mol. The summed E-state index contributed by atoms with van der Waals surface area (Å²) in [6, 6.07) is 0. The molecule has 0 saturated carbocycles. The van der Waals surface area contributed by atoms with Crippen LogP contribution in [0.15, 0.2) is 0 Å². The summed E-state index contributed by atoms with van der Waals surface area (Å²) in [5.74, 6) is 3.37. The van der Waals surface area contributed by atoms with E-state index in [2.05, 4.69) is 29.8 Å². The number of hydrogen-bond acceptors (Lipinski definition) is 1. The van der Waals surface area contributed by atoms with Gasteiger partial charge < -0.3 is 0 Å². The molecule has 0 aliphatic carbocycles. The summed E-state index contributed by atoms with van der Waals surface area (Å²) in [7, 11) is 0. The maximum Gasteiger partial charge on any atom is 0.00649 e. The van der Waals surface area contributed by atoms with Gasteiger partial charge in [0.1, 0.15) is 0 Å². The first kappa shape index (κ1) is 8.83. The molecule has 0 aromatic rings. The number of rotatable bonds is 4. The molecule has 0 rings (SSSR count). The summed E-state index contributed by atoms with van der Waals surface area (Å²) in [6.07, 6.45) is 0. The van der Waals surface area contributed by atoms with Crippen molar-refractivity contribution in [3.05, 3.63) is 0 Å². The smallest absolute Gasteiger partial charge is 0.00649 e. The highest BCUT2D eigenvalue weighted by molar-refractivity contribution is 9.09. The Bertz CT molecular complexity index is 47.8. The number of thioether (sulfide) groups is 1. The second-order valence-corrected chi connectivity index (χ2v) is 3.89. The summed E-state index contributed by atoms with van der Waals surface area (Å²) < 4.78 is 0. The van der Waals surface area contributed by atoms with E-state index in [0.29, 0.717) is 0 Å². The van der Waals surface area contributed by atoms with Crippen LogP contribution < -0.4 is 0 Å². The van der Waals surface area contributed by atoms with Gasteiger partial charge in [-0.2, -0.15) is 11.8 Å². The zero-order valence-electron chi connectivity index (χ0n) is 5.48. The summed E-state index contributed by atoms with van der Waals surface area (Å²) in [5.41, 5.74) is 0. The first-order valence-electron chi connectivity index (χ1n) is 2.95. The molecule has 1 unspecified atom stereocenters. The fraction of sp³-hybridized carbons (Fsp3) is 1.00. The molecule has 0 amide bonds. The van der Waals surface area contributed by atoms with E-state index in [4.69, 9.17) is 0 Å². The number of halogens is 1. The standard InChI is InChI=1S/C6H13BrS/c1-3-8-5-6(2)4-7/h6H,3-5H2,1-2H3. The maximum atomic E-state index is 3.43. The van der Waals surface area contributed by atoms with E-state index in [-0.39, 0.29) is 0 Å². The molecule has 0 aromatic heterocycles. The van der Waals surface area contributed by atoms with Crippen LogP contribution in [0.2, 0.25) is 0 Å². The van der Waals surface area contributed by atoms with Gasteiger partial charge in [-0.15, -0.1) is 0 Å². The Hall–Kier alpha value is 0.830. The molecule has 0 bridgehead atoms. The van der Waals surface area contributed by atoms with Gasteiger partial charge >= 0.3 is 0 Å². The van der Waals surface area contributed by atoms with E-state index in [0.717, 1.165) is 11.2 Å². The van der Waals surface area contributed by atoms with Crippen molar-refractivity contribution in [3.63, 3.8) is 0 Å². The zero-order chi connectivity index (χ0) is 6.41. The van der Waals surface area contributed by atoms with Gasteiger partial charge in [0, 0.05) is 5.33 Å². The molecule has 50 valence electrons. The zero-order valence-corrected chi connectivity index (χ0v) is 7.89. The van der Waals surface area contributed by atoms with Crippen LogP contribution in [0.4, 0.5) is 0 Å². The third-order valence-corrected chi connectivity index (χ3v) is 3.19. The monoisotopic (exact) mass is 196 g/mol. The first-order chi connectivity index (χ1) is 3.81. The van der Waals surface area contributed by atoms with Gasteiger partial charge in [0.15, 0.2) is 0 Å². The lowest BCUT2D eigenvalue weighted by Gasteiger charge is -2.03. The minimum atomic E-state index is 0.833. The quantitative estimate of drug-likeness (QED) is 0.624. The molecule has 0 fully saturated rings. The Morgan fingerprint density at radius 1 is 1.62 bits per heavy atom. The van der Waals surface area contributed by atoms with E-state index in [9.17, 15) is 0 Å². The SMILES string of the molecule is CCSCC(C)CBr. The van der Waals surface area contributed by atoms with Gasteiger partial charge in [0.25, 0.3) is 0 Å². The van der Waals surface area contributed by atoms with Crippen molar-refractivity contribution in [1.82, 2.24) is 0 Å².